The predicted molar refractivity (Wildman–Crippen MR) is 125 cm³/mol. The molecular formula is C26H26N4O2. The number of benzene rings is 2. The Morgan fingerprint density at radius 2 is 2.00 bits per heavy atom. The van der Waals surface area contributed by atoms with Crippen LogP contribution in [0.15, 0.2) is 59.5 Å². The van der Waals surface area contributed by atoms with Gasteiger partial charge in [-0.3, -0.25) is 9.78 Å². The van der Waals surface area contributed by atoms with E-state index >= 15 is 0 Å². The number of hydrogen-bond acceptors (Lipinski definition) is 5. The van der Waals surface area contributed by atoms with E-state index in [1.54, 1.807) is 24.4 Å². The molecule has 6 nitrogen and oxygen atoms in total. The van der Waals surface area contributed by atoms with Crippen LogP contribution in [-0.2, 0) is 12.8 Å². The van der Waals surface area contributed by atoms with Gasteiger partial charge in [-0.1, -0.05) is 48.2 Å². The van der Waals surface area contributed by atoms with Gasteiger partial charge in [0.2, 0.25) is 5.95 Å². The molecule has 0 amide bonds. The summed E-state index contributed by atoms with van der Waals surface area (Å²) in [6.45, 7) is 1.63. The van der Waals surface area contributed by atoms with E-state index in [9.17, 15) is 9.90 Å². The van der Waals surface area contributed by atoms with Crippen LogP contribution >= 0.6 is 0 Å². The molecule has 0 bridgehead atoms. The fourth-order valence-corrected chi connectivity index (χ4v) is 5.01. The summed E-state index contributed by atoms with van der Waals surface area (Å²) in [7, 11) is 0. The summed E-state index contributed by atoms with van der Waals surface area (Å²) in [5.74, 6) is 6.67. The number of H-pyrrole nitrogens is 1. The van der Waals surface area contributed by atoms with Gasteiger partial charge in [-0.15, -0.1) is 0 Å². The average Bonchev–Trinajstić information content (AvgIpc) is 3.07. The summed E-state index contributed by atoms with van der Waals surface area (Å²) < 4.78 is 0. The van der Waals surface area contributed by atoms with Gasteiger partial charge in [0.05, 0.1) is 6.20 Å². The first-order valence-corrected chi connectivity index (χ1v) is 11.0. The van der Waals surface area contributed by atoms with Crippen molar-refractivity contribution in [2.24, 2.45) is 11.1 Å². The van der Waals surface area contributed by atoms with E-state index in [4.69, 9.17) is 5.73 Å². The maximum Gasteiger partial charge on any atom is 0.268 e. The minimum absolute atomic E-state index is 0.0667. The molecule has 1 fully saturated rings. The van der Waals surface area contributed by atoms with Gasteiger partial charge in [0, 0.05) is 25.6 Å². The minimum atomic E-state index is -0.233. The van der Waals surface area contributed by atoms with Crippen molar-refractivity contribution < 1.29 is 5.11 Å². The predicted octanol–water partition coefficient (Wildman–Crippen LogP) is 2.91. The van der Waals surface area contributed by atoms with Crippen molar-refractivity contribution in [2.75, 3.05) is 18.0 Å². The van der Waals surface area contributed by atoms with Gasteiger partial charge in [0.15, 0.2) is 0 Å². The molecule has 0 radical (unpaired) electrons. The van der Waals surface area contributed by atoms with Crippen LogP contribution in [0.4, 0.5) is 5.95 Å². The van der Waals surface area contributed by atoms with E-state index in [1.165, 1.54) is 11.1 Å². The summed E-state index contributed by atoms with van der Waals surface area (Å²) in [6, 6.07) is 15.5. The first-order valence-electron chi connectivity index (χ1n) is 11.0. The van der Waals surface area contributed by atoms with Crippen molar-refractivity contribution in [1.29, 1.82) is 0 Å². The molecule has 0 unspecified atom stereocenters. The molecule has 1 spiro atoms. The average molecular weight is 427 g/mol. The number of aromatic amines is 1. The Hall–Kier alpha value is -3.56. The van der Waals surface area contributed by atoms with E-state index < -0.39 is 0 Å². The number of nitrogens with two attached hydrogens (primary N) is 1. The first-order chi connectivity index (χ1) is 15.5. The van der Waals surface area contributed by atoms with Crippen molar-refractivity contribution in [3.63, 3.8) is 0 Å². The molecule has 2 heterocycles. The van der Waals surface area contributed by atoms with Gasteiger partial charge in [0.25, 0.3) is 5.56 Å². The van der Waals surface area contributed by atoms with Gasteiger partial charge >= 0.3 is 0 Å². The highest BCUT2D eigenvalue weighted by Crippen LogP contribution is 2.50. The van der Waals surface area contributed by atoms with Crippen molar-refractivity contribution in [1.82, 2.24) is 9.97 Å². The summed E-state index contributed by atoms with van der Waals surface area (Å²) in [6.07, 6.45) is 4.96. The molecule has 1 aromatic heterocycles. The standard InChI is InChI=1S/C26H26N4O2/c27-23-22-10-2-1-7-19(22)16-26(23)11-13-30(14-12-26)25-28-17-20(24(32)29-25)8-3-5-18-6-4-9-21(31)15-18/h1-2,4,6-7,9-10,15,17,23,31H,5,11-14,16,27H2,(H,28,29,32)/t23-/m1/s1. The number of rotatable bonds is 2. The fraction of sp³-hybridized carbons (Fsp3) is 0.308. The van der Waals surface area contributed by atoms with Gasteiger partial charge in [-0.25, -0.2) is 4.98 Å². The van der Waals surface area contributed by atoms with E-state index in [0.29, 0.717) is 17.9 Å². The van der Waals surface area contributed by atoms with E-state index in [1.807, 2.05) is 6.07 Å². The highest BCUT2D eigenvalue weighted by Gasteiger charge is 2.45. The summed E-state index contributed by atoms with van der Waals surface area (Å²) in [5.41, 5.74) is 10.4. The minimum Gasteiger partial charge on any atom is -0.508 e. The van der Waals surface area contributed by atoms with Crippen LogP contribution in [0, 0.1) is 17.3 Å². The Bertz CT molecular complexity index is 1260. The summed E-state index contributed by atoms with van der Waals surface area (Å²) >= 11 is 0. The van der Waals surface area contributed by atoms with Gasteiger partial charge < -0.3 is 15.7 Å². The van der Waals surface area contributed by atoms with Crippen LogP contribution in [0.5, 0.6) is 5.75 Å². The van der Waals surface area contributed by atoms with Crippen molar-refractivity contribution in [3.05, 3.63) is 87.3 Å². The van der Waals surface area contributed by atoms with Crippen molar-refractivity contribution >= 4 is 5.95 Å². The molecular weight excluding hydrogens is 400 g/mol. The second-order valence-electron chi connectivity index (χ2n) is 8.80. The van der Waals surface area contributed by atoms with Crippen LogP contribution in [0.2, 0.25) is 0 Å². The number of hydrogen-bond donors (Lipinski definition) is 3. The zero-order valence-electron chi connectivity index (χ0n) is 17.8. The molecule has 0 saturated carbocycles. The van der Waals surface area contributed by atoms with Crippen LogP contribution in [-0.4, -0.2) is 28.2 Å². The van der Waals surface area contributed by atoms with Crippen LogP contribution in [0.1, 0.15) is 41.1 Å². The Labute approximate surface area is 187 Å². The number of aromatic nitrogens is 2. The fourth-order valence-electron chi connectivity index (χ4n) is 5.01. The second-order valence-corrected chi connectivity index (χ2v) is 8.80. The largest absolute Gasteiger partial charge is 0.508 e. The summed E-state index contributed by atoms with van der Waals surface area (Å²) in [4.78, 5) is 22.0. The smallest absolute Gasteiger partial charge is 0.268 e. The van der Waals surface area contributed by atoms with Crippen LogP contribution in [0.3, 0.4) is 0 Å². The zero-order chi connectivity index (χ0) is 22.1. The number of aromatic hydroxyl groups is 1. The molecule has 162 valence electrons. The third kappa shape index (κ3) is 3.76. The number of nitrogens with zero attached hydrogens (tertiary/aromatic N) is 2. The molecule has 2 aromatic carbocycles. The monoisotopic (exact) mass is 426 g/mol. The Morgan fingerprint density at radius 1 is 1.19 bits per heavy atom. The number of nitrogens with one attached hydrogen (secondary N) is 1. The highest BCUT2D eigenvalue weighted by atomic mass is 16.3. The number of anilines is 1. The molecule has 3 aromatic rings. The SMILES string of the molecule is N[C@@H]1c2ccccc2CC12CCN(c1ncc(C#CCc3cccc(O)c3)c(=O)[nH]1)CC2. The molecule has 6 heteroatoms. The quantitative estimate of drug-likeness (QED) is 0.548. The molecule has 2 aliphatic rings. The maximum atomic E-state index is 12.5. The molecule has 1 aliphatic heterocycles. The van der Waals surface area contributed by atoms with Crippen molar-refractivity contribution in [2.45, 2.75) is 31.7 Å². The van der Waals surface area contributed by atoms with Gasteiger partial charge in [0.1, 0.15) is 11.3 Å². The second kappa shape index (κ2) is 8.18. The molecule has 32 heavy (non-hydrogen) atoms. The zero-order valence-corrected chi connectivity index (χ0v) is 17.8. The van der Waals surface area contributed by atoms with E-state index in [2.05, 4.69) is 51.0 Å². The lowest BCUT2D eigenvalue weighted by Gasteiger charge is -2.42. The molecule has 1 saturated heterocycles. The van der Waals surface area contributed by atoms with Crippen LogP contribution < -0.4 is 16.2 Å². The van der Waals surface area contributed by atoms with E-state index in [0.717, 1.165) is 37.9 Å². The normalized spacial score (nSPS) is 18.8. The molecule has 1 aliphatic carbocycles. The number of fused-ring (bicyclic) bond motifs is 1. The van der Waals surface area contributed by atoms with E-state index in [-0.39, 0.29) is 22.8 Å². The van der Waals surface area contributed by atoms with Crippen LogP contribution in [0.25, 0.3) is 0 Å². The Balaban J connectivity index is 1.25. The summed E-state index contributed by atoms with van der Waals surface area (Å²) in [5, 5.41) is 9.53. The highest BCUT2D eigenvalue weighted by molar-refractivity contribution is 5.41. The van der Waals surface area contributed by atoms with Gasteiger partial charge in [-0.05, 0) is 53.5 Å². The Morgan fingerprint density at radius 3 is 2.75 bits per heavy atom. The first kappa shape index (κ1) is 20.3. The van der Waals surface area contributed by atoms with Gasteiger partial charge in [-0.2, -0.15) is 0 Å². The lowest BCUT2D eigenvalue weighted by Crippen LogP contribution is -2.45. The number of phenols is 1. The number of piperidine rings is 1. The third-order valence-electron chi connectivity index (χ3n) is 6.86. The maximum absolute atomic E-state index is 12.5. The molecule has 4 N–H and O–H groups in total. The Kier molecular flexibility index (Phi) is 5.20. The number of phenolic OH excluding ortho intramolecular Hbond substituents is 1. The lowest BCUT2D eigenvalue weighted by atomic mass is 9.73. The third-order valence-corrected chi connectivity index (χ3v) is 6.86. The van der Waals surface area contributed by atoms with Crippen molar-refractivity contribution in [3.8, 4) is 17.6 Å². The topological polar surface area (TPSA) is 95.2 Å². The molecule has 5 rings (SSSR count). The molecule has 1 atom stereocenters. The lowest BCUT2D eigenvalue weighted by molar-refractivity contribution is 0.187.